The Morgan fingerprint density at radius 3 is 1.90 bits per heavy atom. The van der Waals surface area contributed by atoms with Crippen LogP contribution in [-0.4, -0.2) is 150 Å². The van der Waals surface area contributed by atoms with Gasteiger partial charge in [-0.15, -0.1) is 0 Å². The van der Waals surface area contributed by atoms with Crippen LogP contribution in [0, 0.1) is 23.7 Å². The highest BCUT2D eigenvalue weighted by Gasteiger charge is 2.57. The first-order valence-electron chi connectivity index (χ1n) is 25.1. The van der Waals surface area contributed by atoms with E-state index in [1.807, 2.05) is 72.7 Å². The van der Waals surface area contributed by atoms with Crippen LogP contribution < -0.4 is 0 Å². The van der Waals surface area contributed by atoms with Crippen molar-refractivity contribution in [1.29, 1.82) is 0 Å². The second kappa shape index (κ2) is 22.3. The first-order chi connectivity index (χ1) is 32.7. The van der Waals surface area contributed by atoms with Crippen molar-refractivity contribution in [3.05, 3.63) is 71.8 Å². The monoisotopic (exact) mass is 984 g/mol. The average molecular weight is 984 g/mol. The minimum absolute atomic E-state index is 0.0633. The molecule has 2 unspecified atom stereocenters. The zero-order valence-corrected chi connectivity index (χ0v) is 44.0. The van der Waals surface area contributed by atoms with Gasteiger partial charge in [0, 0.05) is 25.4 Å². The Hall–Kier alpha value is -3.55. The summed E-state index contributed by atoms with van der Waals surface area (Å²) in [7, 11) is 5.33. The van der Waals surface area contributed by atoms with Crippen molar-refractivity contribution in [2.24, 2.45) is 23.7 Å². The third-order valence-corrected chi connectivity index (χ3v) is 15.2. The molecule has 16 nitrogen and oxygen atoms in total. The second-order valence-corrected chi connectivity index (χ2v) is 21.8. The number of aliphatic hydroxyl groups is 2. The molecule has 0 aromatic heterocycles. The molecule has 4 saturated heterocycles. The molecule has 0 aliphatic carbocycles. The molecule has 2 aromatic rings. The van der Waals surface area contributed by atoms with Crippen LogP contribution in [-0.2, 0) is 52.2 Å². The highest BCUT2D eigenvalue weighted by molar-refractivity contribution is 5.90. The number of hydrogen-bond donors (Lipinski definition) is 2. The van der Waals surface area contributed by atoms with Gasteiger partial charge in [0.15, 0.2) is 30.6 Å². The van der Waals surface area contributed by atoms with Crippen LogP contribution in [0.25, 0.3) is 0 Å². The number of likely N-dealkylation sites (N-methyl/N-ethyl adjacent to an activating group) is 1. The molecule has 0 saturated carbocycles. The van der Waals surface area contributed by atoms with Crippen molar-refractivity contribution >= 4 is 17.9 Å². The zero-order valence-electron chi connectivity index (χ0n) is 44.0. The third-order valence-electron chi connectivity index (χ3n) is 15.2. The predicted octanol–water partition coefficient (Wildman–Crippen LogP) is 7.11. The summed E-state index contributed by atoms with van der Waals surface area (Å²) in [4.78, 5) is 44.1. The number of rotatable bonds is 11. The fraction of sp³-hybridized carbons (Fsp3) is 0.722. The summed E-state index contributed by atoms with van der Waals surface area (Å²) in [6, 6.07) is 17.0. The van der Waals surface area contributed by atoms with Gasteiger partial charge in [-0.3, -0.25) is 4.79 Å². The van der Waals surface area contributed by atoms with Gasteiger partial charge in [0.1, 0.15) is 17.3 Å². The molecule has 6 rings (SSSR count). The second-order valence-electron chi connectivity index (χ2n) is 21.8. The number of hydrogen-bond acceptors (Lipinski definition) is 16. The molecule has 2 bridgehead atoms. The van der Waals surface area contributed by atoms with Crippen molar-refractivity contribution in [1.82, 2.24) is 4.90 Å². The molecule has 4 heterocycles. The van der Waals surface area contributed by atoms with Gasteiger partial charge >= 0.3 is 17.9 Å². The van der Waals surface area contributed by atoms with Crippen LogP contribution in [0.5, 0.6) is 0 Å². The largest absolute Gasteiger partial charge is 0.459 e. The van der Waals surface area contributed by atoms with E-state index in [0.29, 0.717) is 17.5 Å². The number of carbonyl (C=O) groups excluding carboxylic acids is 3. The number of fused-ring (bicyclic) bond motifs is 2. The van der Waals surface area contributed by atoms with Gasteiger partial charge in [-0.05, 0) is 119 Å². The molecule has 2 aromatic carbocycles. The Morgan fingerprint density at radius 2 is 1.34 bits per heavy atom. The number of ether oxygens (including phenoxy) is 10. The molecule has 16 heteroatoms. The van der Waals surface area contributed by atoms with Crippen LogP contribution in [0.3, 0.4) is 0 Å². The summed E-state index contributed by atoms with van der Waals surface area (Å²) in [5, 5.41) is 25.7. The Kier molecular flexibility index (Phi) is 17.8. The quantitative estimate of drug-likeness (QED) is 0.171. The van der Waals surface area contributed by atoms with Crippen LogP contribution >= 0.6 is 0 Å². The van der Waals surface area contributed by atoms with E-state index in [0.717, 1.165) is 0 Å². The number of benzene rings is 2. The molecule has 392 valence electrons. The molecule has 2 N–H and O–H groups in total. The molecular weight excluding hydrogens is 903 g/mol. The molecule has 0 spiro atoms. The molecule has 70 heavy (non-hydrogen) atoms. The Morgan fingerprint density at radius 1 is 0.757 bits per heavy atom. The highest BCUT2D eigenvalue weighted by Crippen LogP contribution is 2.46. The van der Waals surface area contributed by atoms with E-state index in [-0.39, 0.29) is 37.3 Å². The van der Waals surface area contributed by atoms with E-state index in [2.05, 4.69) is 0 Å². The maximum atomic E-state index is 14.9. The summed E-state index contributed by atoms with van der Waals surface area (Å²) < 4.78 is 65.4. The molecule has 4 aliphatic rings. The minimum atomic E-state index is -1.73. The number of cyclic esters (lactones) is 1. The van der Waals surface area contributed by atoms with E-state index >= 15 is 0 Å². The Bertz CT molecular complexity index is 2050. The lowest BCUT2D eigenvalue weighted by Crippen LogP contribution is -2.65. The Balaban J connectivity index is 1.44. The maximum absolute atomic E-state index is 14.9. The SMILES string of the molecule is CC[C@H]1OC(=O)[C@H](C)[C@@H](OC2C[C@@](C)(OC)[C@@H](OC(=O)c3ccccc3)[C@H](C)O2)[C@H](C)[C@@H](OC2O[C@H](C)C[C@H](N(C)C)[C@H]2OC(=O)c2ccccc2)[C@@](C)(O)C[C@@H](C)[C@@H]2OC(C)(C)O[C@H]([C@H]2C)[C@]1(C)O. The lowest BCUT2D eigenvalue weighted by molar-refractivity contribution is -0.360. The van der Waals surface area contributed by atoms with Crippen LogP contribution in [0.15, 0.2) is 60.7 Å². The van der Waals surface area contributed by atoms with Gasteiger partial charge in [-0.2, -0.15) is 0 Å². The first-order valence-corrected chi connectivity index (χ1v) is 25.1. The minimum Gasteiger partial charge on any atom is -0.459 e. The van der Waals surface area contributed by atoms with E-state index in [9.17, 15) is 24.6 Å². The van der Waals surface area contributed by atoms with Crippen LogP contribution in [0.1, 0.15) is 129 Å². The van der Waals surface area contributed by atoms with E-state index in [1.54, 1.807) is 90.1 Å². The van der Waals surface area contributed by atoms with Crippen molar-refractivity contribution < 1.29 is 72.0 Å². The number of nitrogens with zero attached hydrogens (tertiary/aromatic N) is 1. The van der Waals surface area contributed by atoms with E-state index in [4.69, 9.17) is 47.4 Å². The highest BCUT2D eigenvalue weighted by atomic mass is 16.7. The van der Waals surface area contributed by atoms with Gasteiger partial charge in [0.2, 0.25) is 0 Å². The van der Waals surface area contributed by atoms with Crippen molar-refractivity contribution in [2.45, 2.75) is 205 Å². The summed E-state index contributed by atoms with van der Waals surface area (Å²) in [5.41, 5.74) is -3.82. The summed E-state index contributed by atoms with van der Waals surface area (Å²) in [5.74, 6) is -5.69. The van der Waals surface area contributed by atoms with Crippen molar-refractivity contribution in [2.75, 3.05) is 21.2 Å². The molecule has 19 atom stereocenters. The van der Waals surface area contributed by atoms with Gasteiger partial charge < -0.3 is 62.5 Å². The lowest BCUT2D eigenvalue weighted by Gasteiger charge is -2.53. The van der Waals surface area contributed by atoms with Crippen molar-refractivity contribution in [3.8, 4) is 0 Å². The van der Waals surface area contributed by atoms with Gasteiger partial charge in [-0.1, -0.05) is 64.1 Å². The summed E-state index contributed by atoms with van der Waals surface area (Å²) >= 11 is 0. The fourth-order valence-electron chi connectivity index (χ4n) is 11.5. The molecule has 0 amide bonds. The maximum Gasteiger partial charge on any atom is 0.338 e. The summed E-state index contributed by atoms with van der Waals surface area (Å²) in [6.45, 7) is 21.6. The van der Waals surface area contributed by atoms with Crippen LogP contribution in [0.2, 0.25) is 0 Å². The Labute approximate surface area is 415 Å². The van der Waals surface area contributed by atoms with Crippen molar-refractivity contribution in [3.63, 3.8) is 0 Å². The fourth-order valence-corrected chi connectivity index (χ4v) is 11.5. The zero-order chi connectivity index (χ0) is 51.7. The van der Waals surface area contributed by atoms with Gasteiger partial charge in [0.05, 0.1) is 65.3 Å². The predicted molar refractivity (Wildman–Crippen MR) is 258 cm³/mol. The smallest absolute Gasteiger partial charge is 0.338 e. The van der Waals surface area contributed by atoms with E-state index in [1.165, 1.54) is 7.11 Å². The summed E-state index contributed by atoms with van der Waals surface area (Å²) in [6.07, 6.45) is -8.99. The van der Waals surface area contributed by atoms with Crippen LogP contribution in [0.4, 0.5) is 0 Å². The topological polar surface area (TPSA) is 187 Å². The molecule has 4 aliphatic heterocycles. The van der Waals surface area contributed by atoms with E-state index < -0.39 is 120 Å². The third kappa shape index (κ3) is 12.3. The standard InChI is InChI=1S/C54H81NO15/c1-16-39-54(12,60)45-32(4)41(69-51(8,9)70-45)30(2)28-52(10,59)44(68-50-43(38(55(13)14)27-31(3)62-50)66-48(57)36-23-19-17-20-24-36)33(5)42(34(6)47(56)64-39)65-40-29-53(11,61-15)46(35(7)63-40)67-49(58)37-25-21-18-22-26-37/h17-26,30-35,38-46,50,59-60H,16,27-29H2,1-15H3/t30-,31-,32+,33+,34-,35+,38+,39-,40?,41+,42+,43-,44-,45-,46+,50?,52+,53-,54-/m1/s1. The van der Waals surface area contributed by atoms with Gasteiger partial charge in [-0.25, -0.2) is 9.59 Å². The number of carbonyl (C=O) groups is 3. The first kappa shape index (κ1) is 55.8. The van der Waals surface area contributed by atoms with Gasteiger partial charge in [0.25, 0.3) is 0 Å². The molecule has 4 fully saturated rings. The lowest BCUT2D eigenvalue weighted by atomic mass is 9.72. The molecular formula is C54H81NO15. The number of esters is 3. The number of methoxy groups -OCH3 is 1. The normalized spacial score (nSPS) is 41.7. The average Bonchev–Trinajstić information content (AvgIpc) is 3.30. The molecule has 0 radical (unpaired) electrons.